The van der Waals surface area contributed by atoms with Gasteiger partial charge in [0.15, 0.2) is 0 Å². The number of rotatable bonds is 2. The van der Waals surface area contributed by atoms with Crippen LogP contribution < -0.4 is 5.73 Å². The number of halogens is 1. The number of nitrogens with zero attached hydrogens (tertiary/aromatic N) is 2. The van der Waals surface area contributed by atoms with E-state index < -0.39 is 0 Å². The van der Waals surface area contributed by atoms with E-state index in [1.807, 2.05) is 0 Å². The van der Waals surface area contributed by atoms with Crippen LogP contribution >= 0.6 is 15.9 Å². The molecule has 0 aliphatic heterocycles. The van der Waals surface area contributed by atoms with E-state index >= 15 is 0 Å². The highest BCUT2D eigenvalue weighted by molar-refractivity contribution is 9.10. The molecule has 0 amide bonds. The van der Waals surface area contributed by atoms with Crippen molar-refractivity contribution in [2.24, 2.45) is 0 Å². The molecule has 3 nitrogen and oxygen atoms in total. The highest BCUT2D eigenvalue weighted by Crippen LogP contribution is 2.28. The Morgan fingerprint density at radius 2 is 1.64 bits per heavy atom. The molecule has 0 spiro atoms. The Kier molecular flexibility index (Phi) is 3.48. The largest absolute Gasteiger partial charge is 0.383 e. The lowest BCUT2D eigenvalue weighted by atomic mass is 10.1. The van der Waals surface area contributed by atoms with Gasteiger partial charge < -0.3 is 5.73 Å². The van der Waals surface area contributed by atoms with Gasteiger partial charge in [-0.25, -0.2) is 9.97 Å². The fourth-order valence-electron chi connectivity index (χ4n) is 1.14. The van der Waals surface area contributed by atoms with Gasteiger partial charge in [-0.1, -0.05) is 27.7 Å². The maximum atomic E-state index is 5.80. The van der Waals surface area contributed by atoms with Crippen LogP contribution in [0.4, 0.5) is 5.82 Å². The van der Waals surface area contributed by atoms with Gasteiger partial charge in [0, 0.05) is 5.92 Å². The third-order valence-electron chi connectivity index (χ3n) is 1.98. The molecule has 1 rings (SSSR count). The molecule has 1 aromatic rings. The minimum absolute atomic E-state index is 0.308. The zero-order valence-corrected chi connectivity index (χ0v) is 10.6. The van der Waals surface area contributed by atoms with Crippen LogP contribution in [0, 0.1) is 0 Å². The van der Waals surface area contributed by atoms with Gasteiger partial charge in [0.25, 0.3) is 0 Å². The summed E-state index contributed by atoms with van der Waals surface area (Å²) in [6.45, 7) is 8.31. The van der Waals surface area contributed by atoms with Crippen molar-refractivity contribution >= 4 is 21.7 Å². The van der Waals surface area contributed by atoms with Gasteiger partial charge in [0.1, 0.15) is 11.6 Å². The molecule has 0 saturated heterocycles. The Balaban J connectivity index is 3.28. The second kappa shape index (κ2) is 4.26. The van der Waals surface area contributed by atoms with E-state index in [4.69, 9.17) is 5.73 Å². The monoisotopic (exact) mass is 257 g/mol. The van der Waals surface area contributed by atoms with Crippen molar-refractivity contribution in [3.63, 3.8) is 0 Å². The maximum Gasteiger partial charge on any atom is 0.141 e. The van der Waals surface area contributed by atoms with E-state index in [1.165, 1.54) is 0 Å². The van der Waals surface area contributed by atoms with E-state index in [9.17, 15) is 0 Å². The predicted octanol–water partition coefficient (Wildman–Crippen LogP) is 3.07. The van der Waals surface area contributed by atoms with Gasteiger partial charge in [-0.3, -0.25) is 0 Å². The van der Waals surface area contributed by atoms with Crippen LogP contribution in [-0.4, -0.2) is 9.97 Å². The average molecular weight is 258 g/mol. The van der Waals surface area contributed by atoms with Crippen molar-refractivity contribution < 1.29 is 0 Å². The molecular formula is C10H16BrN3. The number of hydrogen-bond donors (Lipinski definition) is 1. The molecule has 1 aromatic heterocycles. The van der Waals surface area contributed by atoms with Crippen molar-refractivity contribution in [1.29, 1.82) is 0 Å². The van der Waals surface area contributed by atoms with Gasteiger partial charge in [0.2, 0.25) is 0 Å². The predicted molar refractivity (Wildman–Crippen MR) is 62.3 cm³/mol. The Labute approximate surface area is 93.3 Å². The summed E-state index contributed by atoms with van der Waals surface area (Å²) in [6.07, 6.45) is 0. The summed E-state index contributed by atoms with van der Waals surface area (Å²) < 4.78 is 0.830. The van der Waals surface area contributed by atoms with E-state index in [0.717, 1.165) is 16.0 Å². The first-order valence-corrected chi connectivity index (χ1v) is 5.55. The number of nitrogens with two attached hydrogens (primary N) is 1. The van der Waals surface area contributed by atoms with Gasteiger partial charge >= 0.3 is 0 Å². The van der Waals surface area contributed by atoms with Crippen LogP contribution in [0.3, 0.4) is 0 Å². The first-order chi connectivity index (χ1) is 6.43. The molecule has 1 heterocycles. The third-order valence-corrected chi connectivity index (χ3v) is 2.80. The molecule has 0 saturated carbocycles. The molecule has 2 N–H and O–H groups in total. The minimum atomic E-state index is 0.308. The average Bonchev–Trinajstić information content (AvgIpc) is 2.08. The smallest absolute Gasteiger partial charge is 0.141 e. The van der Waals surface area contributed by atoms with Crippen molar-refractivity contribution in [2.75, 3.05) is 5.73 Å². The fourth-order valence-corrected chi connectivity index (χ4v) is 1.78. The van der Waals surface area contributed by atoms with Gasteiger partial charge in [-0.2, -0.15) is 0 Å². The van der Waals surface area contributed by atoms with Crippen molar-refractivity contribution in [3.8, 4) is 0 Å². The van der Waals surface area contributed by atoms with Crippen LogP contribution in [0.5, 0.6) is 0 Å². The first-order valence-electron chi connectivity index (χ1n) is 4.76. The lowest BCUT2D eigenvalue weighted by molar-refractivity contribution is 0.728. The molecule has 0 unspecified atom stereocenters. The third kappa shape index (κ3) is 2.23. The highest BCUT2D eigenvalue weighted by Gasteiger charge is 2.14. The van der Waals surface area contributed by atoms with E-state index in [-0.39, 0.29) is 0 Å². The quantitative estimate of drug-likeness (QED) is 0.886. The number of hydrogen-bond acceptors (Lipinski definition) is 3. The van der Waals surface area contributed by atoms with Crippen molar-refractivity contribution in [1.82, 2.24) is 9.97 Å². The number of nitrogen functional groups attached to an aromatic ring is 1. The Bertz CT molecular complexity index is 334. The molecule has 14 heavy (non-hydrogen) atoms. The number of anilines is 1. The minimum Gasteiger partial charge on any atom is -0.383 e. The standard InChI is InChI=1S/C10H16BrN3/c1-5(2)8-7(11)9(12)14-10(13-8)6(3)4/h5-6H,1-4H3,(H2,12,13,14). The molecule has 78 valence electrons. The number of aromatic nitrogens is 2. The molecule has 0 aliphatic carbocycles. The van der Waals surface area contributed by atoms with E-state index in [2.05, 4.69) is 53.6 Å². The Hall–Kier alpha value is -0.640. The SMILES string of the molecule is CC(C)c1nc(N)c(Br)c(C(C)C)n1. The Morgan fingerprint density at radius 1 is 1.07 bits per heavy atom. The summed E-state index contributed by atoms with van der Waals surface area (Å²) in [4.78, 5) is 8.73. The molecule has 0 bridgehead atoms. The van der Waals surface area contributed by atoms with Gasteiger partial charge in [-0.05, 0) is 21.8 Å². The fraction of sp³-hybridized carbons (Fsp3) is 0.600. The van der Waals surface area contributed by atoms with Crippen LogP contribution in [0.15, 0.2) is 4.47 Å². The second-order valence-corrected chi connectivity index (χ2v) is 4.77. The van der Waals surface area contributed by atoms with Crippen LogP contribution in [0.1, 0.15) is 51.0 Å². The summed E-state index contributed by atoms with van der Waals surface area (Å²) in [7, 11) is 0. The lowest BCUT2D eigenvalue weighted by Crippen LogP contribution is -2.07. The normalized spacial score (nSPS) is 11.4. The molecule has 0 fully saturated rings. The van der Waals surface area contributed by atoms with Crippen LogP contribution in [0.25, 0.3) is 0 Å². The van der Waals surface area contributed by atoms with Gasteiger partial charge in [-0.15, -0.1) is 0 Å². The summed E-state index contributed by atoms with van der Waals surface area (Å²) in [6, 6.07) is 0. The topological polar surface area (TPSA) is 51.8 Å². The van der Waals surface area contributed by atoms with Crippen molar-refractivity contribution in [3.05, 3.63) is 16.0 Å². The summed E-state index contributed by atoms with van der Waals surface area (Å²) in [5.74, 6) is 2.01. The van der Waals surface area contributed by atoms with Gasteiger partial charge in [0.05, 0.1) is 10.2 Å². The lowest BCUT2D eigenvalue weighted by Gasteiger charge is -2.12. The summed E-state index contributed by atoms with van der Waals surface area (Å²) in [5.41, 5.74) is 6.79. The molecule has 0 radical (unpaired) electrons. The van der Waals surface area contributed by atoms with Crippen LogP contribution in [-0.2, 0) is 0 Å². The highest BCUT2D eigenvalue weighted by atomic mass is 79.9. The molecule has 0 atom stereocenters. The van der Waals surface area contributed by atoms with Crippen molar-refractivity contribution in [2.45, 2.75) is 39.5 Å². The summed E-state index contributed by atoms with van der Waals surface area (Å²) >= 11 is 3.41. The summed E-state index contributed by atoms with van der Waals surface area (Å²) in [5, 5.41) is 0. The molecule has 0 aliphatic rings. The Morgan fingerprint density at radius 3 is 2.07 bits per heavy atom. The zero-order chi connectivity index (χ0) is 10.9. The zero-order valence-electron chi connectivity index (χ0n) is 9.00. The molecule has 4 heteroatoms. The van der Waals surface area contributed by atoms with E-state index in [0.29, 0.717) is 17.7 Å². The first kappa shape index (κ1) is 11.4. The molecule has 0 aromatic carbocycles. The van der Waals surface area contributed by atoms with Crippen LogP contribution in [0.2, 0.25) is 0 Å². The van der Waals surface area contributed by atoms with E-state index in [1.54, 1.807) is 0 Å². The molecular weight excluding hydrogens is 242 g/mol. The second-order valence-electron chi connectivity index (χ2n) is 3.98. The maximum absolute atomic E-state index is 5.80.